The van der Waals surface area contributed by atoms with E-state index in [0.717, 1.165) is 11.3 Å². The highest BCUT2D eigenvalue weighted by atomic mass is 79.9. The quantitative estimate of drug-likeness (QED) is 0.940. The molecule has 2 aromatic rings. The molecule has 1 heterocycles. The number of aromatic nitrogens is 1. The van der Waals surface area contributed by atoms with Gasteiger partial charge < -0.3 is 9.84 Å². The van der Waals surface area contributed by atoms with Gasteiger partial charge >= 0.3 is 0 Å². The Kier molecular flexibility index (Phi) is 3.91. The Morgan fingerprint density at radius 1 is 1.47 bits per heavy atom. The molecule has 0 aliphatic rings. The summed E-state index contributed by atoms with van der Waals surface area (Å²) >= 11 is 3.17. The standard InChI is InChI=1S/C12H12BrFN2O/c1-8(15-7-10-4-5-16-17-10)9-2-3-12(14)11(13)6-9/h2-6,8,15H,7H2,1H3. The van der Waals surface area contributed by atoms with E-state index in [1.807, 2.05) is 6.92 Å². The molecule has 5 heteroatoms. The minimum Gasteiger partial charge on any atom is -0.360 e. The summed E-state index contributed by atoms with van der Waals surface area (Å²) in [4.78, 5) is 0. The van der Waals surface area contributed by atoms with Crippen molar-refractivity contribution in [3.05, 3.63) is 52.1 Å². The first-order chi connectivity index (χ1) is 8.16. The summed E-state index contributed by atoms with van der Waals surface area (Å²) in [6, 6.07) is 6.90. The van der Waals surface area contributed by atoms with Crippen LogP contribution in [0.25, 0.3) is 0 Å². The van der Waals surface area contributed by atoms with Crippen LogP contribution in [-0.2, 0) is 6.54 Å². The van der Waals surface area contributed by atoms with Crippen LogP contribution in [0.4, 0.5) is 4.39 Å². The van der Waals surface area contributed by atoms with Crippen LogP contribution in [0.2, 0.25) is 0 Å². The monoisotopic (exact) mass is 298 g/mol. The minimum absolute atomic E-state index is 0.108. The van der Waals surface area contributed by atoms with E-state index in [1.165, 1.54) is 6.07 Å². The summed E-state index contributed by atoms with van der Waals surface area (Å²) in [6.07, 6.45) is 1.61. The van der Waals surface area contributed by atoms with Gasteiger partial charge in [0, 0.05) is 12.1 Å². The summed E-state index contributed by atoms with van der Waals surface area (Å²) in [6.45, 7) is 2.60. The number of nitrogens with zero attached hydrogens (tertiary/aromatic N) is 1. The molecule has 2 rings (SSSR count). The number of nitrogens with one attached hydrogen (secondary N) is 1. The smallest absolute Gasteiger partial charge is 0.150 e. The topological polar surface area (TPSA) is 38.1 Å². The Hall–Kier alpha value is -1.20. The Morgan fingerprint density at radius 2 is 2.29 bits per heavy atom. The maximum absolute atomic E-state index is 13.1. The largest absolute Gasteiger partial charge is 0.360 e. The van der Waals surface area contributed by atoms with Crippen LogP contribution in [0.3, 0.4) is 0 Å². The maximum Gasteiger partial charge on any atom is 0.150 e. The van der Waals surface area contributed by atoms with E-state index < -0.39 is 0 Å². The number of halogens is 2. The van der Waals surface area contributed by atoms with Gasteiger partial charge in [-0.15, -0.1) is 0 Å². The Bertz CT molecular complexity index is 487. The molecule has 90 valence electrons. The zero-order valence-corrected chi connectivity index (χ0v) is 10.9. The van der Waals surface area contributed by atoms with E-state index in [-0.39, 0.29) is 11.9 Å². The third-order valence-electron chi connectivity index (χ3n) is 2.52. The van der Waals surface area contributed by atoms with Crippen LogP contribution in [-0.4, -0.2) is 5.16 Å². The van der Waals surface area contributed by atoms with Crippen molar-refractivity contribution >= 4 is 15.9 Å². The molecule has 1 atom stereocenters. The second-order valence-electron chi connectivity index (χ2n) is 3.75. The summed E-state index contributed by atoms with van der Waals surface area (Å²) in [7, 11) is 0. The number of hydrogen-bond acceptors (Lipinski definition) is 3. The fourth-order valence-electron chi connectivity index (χ4n) is 1.49. The van der Waals surface area contributed by atoms with Crippen LogP contribution < -0.4 is 5.32 Å². The fourth-order valence-corrected chi connectivity index (χ4v) is 1.88. The van der Waals surface area contributed by atoms with E-state index >= 15 is 0 Å². The molecule has 0 aliphatic heterocycles. The summed E-state index contributed by atoms with van der Waals surface area (Å²) in [5.74, 6) is 0.522. The molecule has 0 aliphatic carbocycles. The number of rotatable bonds is 4. The average Bonchev–Trinajstić information content (AvgIpc) is 2.82. The van der Waals surface area contributed by atoms with Gasteiger partial charge in [0.2, 0.25) is 0 Å². The van der Waals surface area contributed by atoms with Crippen molar-refractivity contribution in [1.29, 1.82) is 0 Å². The summed E-state index contributed by atoms with van der Waals surface area (Å²) in [5, 5.41) is 6.90. The van der Waals surface area contributed by atoms with E-state index in [0.29, 0.717) is 11.0 Å². The van der Waals surface area contributed by atoms with Crippen molar-refractivity contribution < 1.29 is 8.91 Å². The number of benzene rings is 1. The van der Waals surface area contributed by atoms with Crippen LogP contribution >= 0.6 is 15.9 Å². The van der Waals surface area contributed by atoms with Crippen LogP contribution in [0, 0.1) is 5.82 Å². The van der Waals surface area contributed by atoms with E-state index in [9.17, 15) is 4.39 Å². The first-order valence-corrected chi connectivity index (χ1v) is 6.04. The van der Waals surface area contributed by atoms with Gasteiger partial charge in [-0.2, -0.15) is 0 Å². The summed E-state index contributed by atoms with van der Waals surface area (Å²) < 4.78 is 18.5. The van der Waals surface area contributed by atoms with E-state index in [1.54, 1.807) is 24.4 Å². The van der Waals surface area contributed by atoms with Gasteiger partial charge in [0.1, 0.15) is 11.6 Å². The number of hydrogen-bond donors (Lipinski definition) is 1. The van der Waals surface area contributed by atoms with Crippen LogP contribution in [0.1, 0.15) is 24.3 Å². The molecule has 0 saturated heterocycles. The van der Waals surface area contributed by atoms with Crippen molar-refractivity contribution in [3.8, 4) is 0 Å². The molecular weight excluding hydrogens is 287 g/mol. The second kappa shape index (κ2) is 5.42. The first-order valence-electron chi connectivity index (χ1n) is 5.24. The highest BCUT2D eigenvalue weighted by Gasteiger charge is 2.08. The Balaban J connectivity index is 1.99. The van der Waals surface area contributed by atoms with Crippen molar-refractivity contribution in [2.45, 2.75) is 19.5 Å². The van der Waals surface area contributed by atoms with Crippen molar-refractivity contribution in [2.75, 3.05) is 0 Å². The third-order valence-corrected chi connectivity index (χ3v) is 3.13. The van der Waals surface area contributed by atoms with Crippen molar-refractivity contribution in [3.63, 3.8) is 0 Å². The molecule has 0 fully saturated rings. The lowest BCUT2D eigenvalue weighted by molar-refractivity contribution is 0.366. The van der Waals surface area contributed by atoms with Crippen LogP contribution in [0.15, 0.2) is 39.5 Å². The predicted octanol–water partition coefficient (Wildman–Crippen LogP) is 3.43. The molecular formula is C12H12BrFN2O. The molecule has 1 aromatic carbocycles. The Morgan fingerprint density at radius 3 is 2.94 bits per heavy atom. The highest BCUT2D eigenvalue weighted by molar-refractivity contribution is 9.10. The molecule has 0 saturated carbocycles. The molecule has 0 amide bonds. The zero-order valence-electron chi connectivity index (χ0n) is 9.28. The van der Waals surface area contributed by atoms with Crippen molar-refractivity contribution in [1.82, 2.24) is 10.5 Å². The molecule has 1 aromatic heterocycles. The highest BCUT2D eigenvalue weighted by Crippen LogP contribution is 2.21. The minimum atomic E-state index is -0.254. The lowest BCUT2D eigenvalue weighted by Gasteiger charge is -2.13. The molecule has 0 spiro atoms. The molecule has 1 N–H and O–H groups in total. The third kappa shape index (κ3) is 3.14. The molecule has 17 heavy (non-hydrogen) atoms. The SMILES string of the molecule is CC(NCc1ccno1)c1ccc(F)c(Br)c1. The van der Waals surface area contributed by atoms with Gasteiger partial charge in [-0.05, 0) is 40.5 Å². The maximum atomic E-state index is 13.1. The second-order valence-corrected chi connectivity index (χ2v) is 4.61. The fraction of sp³-hybridized carbons (Fsp3) is 0.250. The molecule has 1 unspecified atom stereocenters. The normalized spacial score (nSPS) is 12.6. The van der Waals surface area contributed by atoms with Gasteiger partial charge in [-0.25, -0.2) is 4.39 Å². The van der Waals surface area contributed by atoms with Gasteiger partial charge in [-0.3, -0.25) is 0 Å². The van der Waals surface area contributed by atoms with Crippen LogP contribution in [0.5, 0.6) is 0 Å². The van der Waals surface area contributed by atoms with Gasteiger partial charge in [0.05, 0.1) is 17.2 Å². The first kappa shape index (κ1) is 12.3. The average molecular weight is 299 g/mol. The van der Waals surface area contributed by atoms with Gasteiger partial charge in [0.15, 0.2) is 0 Å². The molecule has 3 nitrogen and oxygen atoms in total. The van der Waals surface area contributed by atoms with E-state index in [4.69, 9.17) is 4.52 Å². The van der Waals surface area contributed by atoms with Gasteiger partial charge in [-0.1, -0.05) is 11.2 Å². The van der Waals surface area contributed by atoms with Crippen molar-refractivity contribution in [2.24, 2.45) is 0 Å². The Labute approximate surface area is 107 Å². The molecule has 0 radical (unpaired) electrons. The zero-order chi connectivity index (χ0) is 12.3. The molecule has 0 bridgehead atoms. The predicted molar refractivity (Wildman–Crippen MR) is 65.9 cm³/mol. The van der Waals surface area contributed by atoms with Gasteiger partial charge in [0.25, 0.3) is 0 Å². The van der Waals surface area contributed by atoms with E-state index in [2.05, 4.69) is 26.4 Å². The summed E-state index contributed by atoms with van der Waals surface area (Å²) in [5.41, 5.74) is 1.01. The lowest BCUT2D eigenvalue weighted by Crippen LogP contribution is -2.17. The lowest BCUT2D eigenvalue weighted by atomic mass is 10.1.